The number of hydrogen-bond donors (Lipinski definition) is 0. The second-order valence-electron chi connectivity index (χ2n) is 6.64. The molecule has 132 valence electrons. The smallest absolute Gasteiger partial charge is 0.192 e. The van der Waals surface area contributed by atoms with Gasteiger partial charge in [0.1, 0.15) is 0 Å². The zero-order valence-corrected chi connectivity index (χ0v) is 15.6. The maximum absolute atomic E-state index is 12.7. The van der Waals surface area contributed by atoms with Gasteiger partial charge < -0.3 is 0 Å². The fourth-order valence-electron chi connectivity index (χ4n) is 2.88. The lowest BCUT2D eigenvalue weighted by Crippen LogP contribution is -2.14. The van der Waals surface area contributed by atoms with E-state index in [0.29, 0.717) is 6.04 Å². The van der Waals surface area contributed by atoms with Crippen LogP contribution in [0.1, 0.15) is 41.7 Å². The maximum atomic E-state index is 12.7. The van der Waals surface area contributed by atoms with Crippen LogP contribution in [0, 0.1) is 6.92 Å². The lowest BCUT2D eigenvalue weighted by molar-refractivity contribution is 0.0994. The van der Waals surface area contributed by atoms with E-state index in [1.54, 1.807) is 12.4 Å². The number of Topliss-reactive ketones (excluding diaryl/α,β-unsaturated/α-hetero) is 1. The highest BCUT2D eigenvalue weighted by Crippen LogP contribution is 2.41. The number of pyridine rings is 1. The van der Waals surface area contributed by atoms with E-state index in [9.17, 15) is 4.79 Å². The van der Waals surface area contributed by atoms with Gasteiger partial charge in [0.05, 0.1) is 5.25 Å². The van der Waals surface area contributed by atoms with Crippen molar-refractivity contribution in [2.75, 3.05) is 0 Å². The zero-order valence-electron chi connectivity index (χ0n) is 14.8. The van der Waals surface area contributed by atoms with Gasteiger partial charge in [-0.2, -0.15) is 0 Å². The summed E-state index contributed by atoms with van der Waals surface area (Å²) in [5, 5.41) is 9.35. The fourth-order valence-corrected chi connectivity index (χ4v) is 3.87. The Labute approximate surface area is 156 Å². The van der Waals surface area contributed by atoms with Gasteiger partial charge in [-0.05, 0) is 38.8 Å². The van der Waals surface area contributed by atoms with E-state index in [4.69, 9.17) is 0 Å². The van der Waals surface area contributed by atoms with Gasteiger partial charge in [-0.1, -0.05) is 41.6 Å². The number of nitrogens with zero attached hydrogens (tertiary/aromatic N) is 4. The minimum atomic E-state index is -0.221. The summed E-state index contributed by atoms with van der Waals surface area (Å²) < 4.78 is 2.17. The third kappa shape index (κ3) is 3.42. The first-order valence-electron chi connectivity index (χ1n) is 8.76. The third-order valence-corrected chi connectivity index (χ3v) is 5.54. The Morgan fingerprint density at radius 2 is 1.96 bits per heavy atom. The number of thioether (sulfide) groups is 1. The molecule has 0 bridgehead atoms. The minimum absolute atomic E-state index is 0.114. The van der Waals surface area contributed by atoms with Crippen LogP contribution in [-0.4, -0.2) is 30.8 Å². The van der Waals surface area contributed by atoms with Crippen LogP contribution in [0.2, 0.25) is 0 Å². The van der Waals surface area contributed by atoms with Gasteiger partial charge in [-0.25, -0.2) is 0 Å². The van der Waals surface area contributed by atoms with Gasteiger partial charge >= 0.3 is 0 Å². The predicted molar refractivity (Wildman–Crippen MR) is 102 cm³/mol. The summed E-state index contributed by atoms with van der Waals surface area (Å²) in [6.07, 6.45) is 5.80. The summed E-state index contributed by atoms with van der Waals surface area (Å²) >= 11 is 1.48. The van der Waals surface area contributed by atoms with Crippen LogP contribution >= 0.6 is 11.8 Å². The van der Waals surface area contributed by atoms with Crippen LogP contribution < -0.4 is 0 Å². The molecule has 1 aromatic carbocycles. The van der Waals surface area contributed by atoms with E-state index in [-0.39, 0.29) is 11.0 Å². The van der Waals surface area contributed by atoms with Crippen LogP contribution in [0.4, 0.5) is 0 Å². The van der Waals surface area contributed by atoms with Gasteiger partial charge in [0, 0.05) is 29.6 Å². The average Bonchev–Trinajstić information content (AvgIpc) is 3.42. The number of aryl methyl sites for hydroxylation is 1. The molecule has 1 aliphatic carbocycles. The molecule has 26 heavy (non-hydrogen) atoms. The Bertz CT molecular complexity index is 917. The predicted octanol–water partition coefficient (Wildman–Crippen LogP) is 4.35. The van der Waals surface area contributed by atoms with Crippen LogP contribution in [-0.2, 0) is 0 Å². The average molecular weight is 364 g/mol. The van der Waals surface area contributed by atoms with Crippen molar-refractivity contribution >= 4 is 17.5 Å². The summed E-state index contributed by atoms with van der Waals surface area (Å²) in [6, 6.07) is 12.0. The molecule has 0 N–H and O–H groups in total. The molecular weight excluding hydrogens is 344 g/mol. The number of rotatable bonds is 6. The largest absolute Gasteiger partial charge is 0.299 e. The van der Waals surface area contributed by atoms with E-state index in [2.05, 4.69) is 19.7 Å². The highest BCUT2D eigenvalue weighted by Gasteiger charge is 2.31. The van der Waals surface area contributed by atoms with Crippen molar-refractivity contribution in [1.82, 2.24) is 19.7 Å². The first-order valence-corrected chi connectivity index (χ1v) is 9.64. The van der Waals surface area contributed by atoms with Gasteiger partial charge in [-0.3, -0.25) is 14.3 Å². The summed E-state index contributed by atoms with van der Waals surface area (Å²) in [5.74, 6) is 0.946. The topological polar surface area (TPSA) is 60.7 Å². The first kappa shape index (κ1) is 17.0. The van der Waals surface area contributed by atoms with Crippen LogP contribution in [0.15, 0.2) is 53.9 Å². The van der Waals surface area contributed by atoms with Crippen LogP contribution in [0.25, 0.3) is 11.4 Å². The minimum Gasteiger partial charge on any atom is -0.299 e. The quantitative estimate of drug-likeness (QED) is 0.481. The van der Waals surface area contributed by atoms with Gasteiger partial charge in [0.2, 0.25) is 0 Å². The molecule has 3 aromatic rings. The van der Waals surface area contributed by atoms with Gasteiger partial charge in [0.25, 0.3) is 0 Å². The SMILES string of the molecule is Cc1ccc(C(=O)[C@@H](C)Sc2nnc(-c3cccnc3)n2C2CC2)cc1. The number of hydrogen-bond acceptors (Lipinski definition) is 5. The van der Waals surface area contributed by atoms with Crippen molar-refractivity contribution in [2.45, 2.75) is 43.1 Å². The van der Waals surface area contributed by atoms with Crippen LogP contribution in [0.3, 0.4) is 0 Å². The van der Waals surface area contributed by atoms with Gasteiger partial charge in [-0.15, -0.1) is 10.2 Å². The summed E-state index contributed by atoms with van der Waals surface area (Å²) in [4.78, 5) is 16.9. The second-order valence-corrected chi connectivity index (χ2v) is 7.95. The van der Waals surface area contributed by atoms with E-state index in [1.165, 1.54) is 11.8 Å². The maximum Gasteiger partial charge on any atom is 0.192 e. The number of ketones is 1. The third-order valence-electron chi connectivity index (χ3n) is 4.48. The molecular formula is C20H20N4OS. The fraction of sp³-hybridized carbons (Fsp3) is 0.300. The zero-order chi connectivity index (χ0) is 18.1. The Balaban J connectivity index is 1.59. The molecule has 2 aromatic heterocycles. The molecule has 1 atom stereocenters. The molecule has 2 heterocycles. The molecule has 0 aliphatic heterocycles. The number of benzene rings is 1. The second kappa shape index (κ2) is 7.03. The lowest BCUT2D eigenvalue weighted by atomic mass is 10.1. The molecule has 4 rings (SSSR count). The van der Waals surface area contributed by atoms with Crippen LogP contribution in [0.5, 0.6) is 0 Å². The summed E-state index contributed by atoms with van der Waals surface area (Å²) in [6.45, 7) is 3.95. The normalized spacial score (nSPS) is 15.0. The molecule has 0 radical (unpaired) electrons. The number of carbonyl (C=O) groups excluding carboxylic acids is 1. The van der Waals surface area contributed by atoms with Crippen molar-refractivity contribution < 1.29 is 4.79 Å². The lowest BCUT2D eigenvalue weighted by Gasteiger charge is -2.12. The van der Waals surface area contributed by atoms with E-state index >= 15 is 0 Å². The highest BCUT2D eigenvalue weighted by atomic mass is 32.2. The Morgan fingerprint density at radius 3 is 2.62 bits per heavy atom. The monoisotopic (exact) mass is 364 g/mol. The van der Waals surface area contributed by atoms with E-state index in [1.807, 2.05) is 50.2 Å². The molecule has 1 aliphatic rings. The van der Waals surface area contributed by atoms with Crippen molar-refractivity contribution in [2.24, 2.45) is 0 Å². The molecule has 6 heteroatoms. The molecule has 0 saturated heterocycles. The molecule has 1 saturated carbocycles. The molecule has 0 unspecified atom stereocenters. The number of aromatic nitrogens is 4. The molecule has 5 nitrogen and oxygen atoms in total. The molecule has 0 amide bonds. The molecule has 0 spiro atoms. The Hall–Kier alpha value is -2.47. The van der Waals surface area contributed by atoms with E-state index < -0.39 is 0 Å². The summed E-state index contributed by atoms with van der Waals surface area (Å²) in [7, 11) is 0. The standard InChI is InChI=1S/C20H20N4OS/c1-13-5-7-15(8-6-13)18(25)14(2)26-20-23-22-19(24(20)17-9-10-17)16-4-3-11-21-12-16/h3-8,11-12,14,17H,9-10H2,1-2H3/t14-/m1/s1. The van der Waals surface area contributed by atoms with Gasteiger partial charge in [0.15, 0.2) is 16.8 Å². The molecule has 1 fully saturated rings. The Kier molecular flexibility index (Phi) is 4.59. The first-order chi connectivity index (χ1) is 12.6. The van der Waals surface area contributed by atoms with Crippen molar-refractivity contribution in [3.8, 4) is 11.4 Å². The summed E-state index contributed by atoms with van der Waals surface area (Å²) in [5.41, 5.74) is 2.84. The Morgan fingerprint density at radius 1 is 1.19 bits per heavy atom. The van der Waals surface area contributed by atoms with Crippen molar-refractivity contribution in [1.29, 1.82) is 0 Å². The van der Waals surface area contributed by atoms with Crippen molar-refractivity contribution in [3.63, 3.8) is 0 Å². The van der Waals surface area contributed by atoms with Crippen molar-refractivity contribution in [3.05, 3.63) is 59.9 Å². The number of carbonyl (C=O) groups is 1. The van der Waals surface area contributed by atoms with E-state index in [0.717, 1.165) is 40.5 Å². The highest BCUT2D eigenvalue weighted by molar-refractivity contribution is 8.00.